The maximum Gasteiger partial charge on any atom is 0.220 e. The summed E-state index contributed by atoms with van der Waals surface area (Å²) in [7, 11) is 0. The molecular weight excluding hydrogens is 300 g/mol. The molecule has 21 heavy (non-hydrogen) atoms. The van der Waals surface area contributed by atoms with Gasteiger partial charge in [-0.1, -0.05) is 24.3 Å². The molecule has 3 heterocycles. The standard InChI is InChI=1S/C17H8O2S2/c18-13-16-14(9-5-1-3-7-11(9)20-16)19-15-10-6-2-4-8-12(10)21-17(13)15/h1-8H. The van der Waals surface area contributed by atoms with E-state index in [1.54, 1.807) is 0 Å². The zero-order valence-electron chi connectivity index (χ0n) is 10.8. The minimum absolute atomic E-state index is 0.0913. The van der Waals surface area contributed by atoms with E-state index in [0.717, 1.165) is 40.7 Å². The third-order valence-electron chi connectivity index (χ3n) is 3.72. The van der Waals surface area contributed by atoms with Crippen LogP contribution in [0, 0.1) is 0 Å². The first-order valence-corrected chi connectivity index (χ1v) is 8.22. The summed E-state index contributed by atoms with van der Waals surface area (Å²) in [5, 5.41) is 2.04. The molecule has 0 saturated heterocycles. The van der Waals surface area contributed by atoms with Crippen LogP contribution in [-0.2, 0) is 0 Å². The Labute approximate surface area is 126 Å². The summed E-state index contributed by atoms with van der Waals surface area (Å²) < 4.78 is 9.78. The predicted octanol–water partition coefficient (Wildman–Crippen LogP) is 5.38. The predicted molar refractivity (Wildman–Crippen MR) is 90.8 cm³/mol. The lowest BCUT2D eigenvalue weighted by Gasteiger charge is -1.93. The van der Waals surface area contributed by atoms with E-state index in [1.807, 2.05) is 48.5 Å². The van der Waals surface area contributed by atoms with Crippen molar-refractivity contribution in [1.29, 1.82) is 0 Å². The van der Waals surface area contributed by atoms with E-state index in [1.165, 1.54) is 22.7 Å². The second kappa shape index (κ2) is 3.93. The van der Waals surface area contributed by atoms with E-state index in [9.17, 15) is 4.79 Å². The number of fused-ring (bicyclic) bond motifs is 6. The Kier molecular flexibility index (Phi) is 2.15. The van der Waals surface area contributed by atoms with E-state index in [2.05, 4.69) is 0 Å². The molecule has 0 amide bonds. The number of rotatable bonds is 0. The van der Waals surface area contributed by atoms with Crippen LogP contribution in [0.5, 0.6) is 0 Å². The molecule has 5 rings (SSSR count). The second-order valence-electron chi connectivity index (χ2n) is 4.94. The molecule has 0 bridgehead atoms. The van der Waals surface area contributed by atoms with Crippen LogP contribution >= 0.6 is 22.7 Å². The Morgan fingerprint density at radius 3 is 1.71 bits per heavy atom. The van der Waals surface area contributed by atoms with E-state index in [-0.39, 0.29) is 5.43 Å². The Morgan fingerprint density at radius 1 is 0.714 bits per heavy atom. The molecule has 3 aromatic heterocycles. The van der Waals surface area contributed by atoms with Gasteiger partial charge in [0.25, 0.3) is 0 Å². The van der Waals surface area contributed by atoms with Crippen LogP contribution in [0.25, 0.3) is 40.7 Å². The van der Waals surface area contributed by atoms with Crippen molar-refractivity contribution in [3.63, 3.8) is 0 Å². The zero-order chi connectivity index (χ0) is 14.0. The molecule has 100 valence electrons. The lowest BCUT2D eigenvalue weighted by atomic mass is 10.2. The molecule has 0 aliphatic rings. The Balaban J connectivity index is 2.14. The highest BCUT2D eigenvalue weighted by Crippen LogP contribution is 2.38. The van der Waals surface area contributed by atoms with E-state index in [4.69, 9.17) is 4.42 Å². The Morgan fingerprint density at radius 2 is 1.19 bits per heavy atom. The van der Waals surface area contributed by atoms with Gasteiger partial charge in [0.1, 0.15) is 9.40 Å². The first kappa shape index (κ1) is 11.5. The molecule has 0 aliphatic carbocycles. The molecule has 2 aromatic carbocycles. The second-order valence-corrected chi connectivity index (χ2v) is 7.05. The number of thiophene rings is 2. The summed E-state index contributed by atoms with van der Waals surface area (Å²) in [6.45, 7) is 0. The third kappa shape index (κ3) is 1.43. The molecule has 0 unspecified atom stereocenters. The maximum atomic E-state index is 12.8. The van der Waals surface area contributed by atoms with Gasteiger partial charge in [0.05, 0.1) is 0 Å². The van der Waals surface area contributed by atoms with Crippen LogP contribution in [0.3, 0.4) is 0 Å². The third-order valence-corrected chi connectivity index (χ3v) is 6.02. The van der Waals surface area contributed by atoms with Crippen LogP contribution in [0.2, 0.25) is 0 Å². The van der Waals surface area contributed by atoms with Gasteiger partial charge < -0.3 is 4.42 Å². The fourth-order valence-corrected chi connectivity index (χ4v) is 4.97. The van der Waals surface area contributed by atoms with Gasteiger partial charge in [0, 0.05) is 20.2 Å². The molecule has 5 aromatic rings. The van der Waals surface area contributed by atoms with Gasteiger partial charge in [-0.3, -0.25) is 4.79 Å². The summed E-state index contributed by atoms with van der Waals surface area (Å²) in [6.07, 6.45) is 0. The topological polar surface area (TPSA) is 30.2 Å². The normalized spacial score (nSPS) is 12.0. The van der Waals surface area contributed by atoms with Gasteiger partial charge in [-0.2, -0.15) is 0 Å². The number of hydrogen-bond donors (Lipinski definition) is 0. The van der Waals surface area contributed by atoms with Crippen LogP contribution in [0.15, 0.2) is 57.7 Å². The van der Waals surface area contributed by atoms with Crippen molar-refractivity contribution < 1.29 is 4.42 Å². The Hall–Kier alpha value is -2.17. The van der Waals surface area contributed by atoms with Gasteiger partial charge in [-0.25, -0.2) is 0 Å². The first-order chi connectivity index (χ1) is 10.3. The van der Waals surface area contributed by atoms with Crippen molar-refractivity contribution in [2.24, 2.45) is 0 Å². The first-order valence-electron chi connectivity index (χ1n) is 6.58. The quantitative estimate of drug-likeness (QED) is 0.385. The highest BCUT2D eigenvalue weighted by molar-refractivity contribution is 7.27. The fraction of sp³-hybridized carbons (Fsp3) is 0. The zero-order valence-corrected chi connectivity index (χ0v) is 12.4. The molecule has 0 atom stereocenters. The van der Waals surface area contributed by atoms with Crippen LogP contribution in [0.4, 0.5) is 0 Å². The van der Waals surface area contributed by atoms with Crippen molar-refractivity contribution in [2.75, 3.05) is 0 Å². The number of hydrogen-bond acceptors (Lipinski definition) is 4. The van der Waals surface area contributed by atoms with Crippen molar-refractivity contribution in [3.05, 3.63) is 58.8 Å². The average molecular weight is 308 g/mol. The van der Waals surface area contributed by atoms with Crippen molar-refractivity contribution >= 4 is 63.4 Å². The average Bonchev–Trinajstić information content (AvgIpc) is 3.07. The molecule has 0 radical (unpaired) electrons. The highest BCUT2D eigenvalue weighted by atomic mass is 32.1. The Bertz CT molecular complexity index is 1120. The van der Waals surface area contributed by atoms with E-state index < -0.39 is 0 Å². The van der Waals surface area contributed by atoms with E-state index >= 15 is 0 Å². The molecule has 0 N–H and O–H groups in total. The van der Waals surface area contributed by atoms with Crippen LogP contribution in [0.1, 0.15) is 0 Å². The van der Waals surface area contributed by atoms with Gasteiger partial charge in [-0.15, -0.1) is 22.7 Å². The lowest BCUT2D eigenvalue weighted by Crippen LogP contribution is -1.96. The molecule has 4 heteroatoms. The molecular formula is C17H8O2S2. The summed E-state index contributed by atoms with van der Waals surface area (Å²) in [4.78, 5) is 12.8. The highest BCUT2D eigenvalue weighted by Gasteiger charge is 2.17. The van der Waals surface area contributed by atoms with Gasteiger partial charge >= 0.3 is 0 Å². The fourth-order valence-electron chi connectivity index (χ4n) is 2.75. The molecule has 0 saturated carbocycles. The summed E-state index contributed by atoms with van der Waals surface area (Å²) >= 11 is 3.03. The van der Waals surface area contributed by atoms with Crippen LogP contribution in [-0.4, -0.2) is 0 Å². The summed E-state index contributed by atoms with van der Waals surface area (Å²) in [5.74, 6) is 0. The largest absolute Gasteiger partial charge is 0.453 e. The maximum absolute atomic E-state index is 12.8. The summed E-state index contributed by atoms with van der Waals surface area (Å²) in [6, 6.07) is 16.0. The van der Waals surface area contributed by atoms with E-state index in [0.29, 0.717) is 0 Å². The molecule has 0 fully saturated rings. The summed E-state index contributed by atoms with van der Waals surface area (Å²) in [5.41, 5.74) is 1.53. The van der Waals surface area contributed by atoms with Crippen LogP contribution < -0.4 is 5.43 Å². The SMILES string of the molecule is O=c1c2sc3ccccc3c2oc2c1sc1ccccc12. The van der Waals surface area contributed by atoms with Crippen molar-refractivity contribution in [3.8, 4) is 0 Å². The molecule has 2 nitrogen and oxygen atoms in total. The smallest absolute Gasteiger partial charge is 0.220 e. The lowest BCUT2D eigenvalue weighted by molar-refractivity contribution is 0.670. The number of benzene rings is 2. The van der Waals surface area contributed by atoms with Gasteiger partial charge in [0.15, 0.2) is 11.2 Å². The van der Waals surface area contributed by atoms with Gasteiger partial charge in [-0.05, 0) is 24.3 Å². The minimum Gasteiger partial charge on any atom is -0.453 e. The molecule has 0 aliphatic heterocycles. The van der Waals surface area contributed by atoms with Crippen molar-refractivity contribution in [1.82, 2.24) is 0 Å². The molecule has 0 spiro atoms. The van der Waals surface area contributed by atoms with Crippen molar-refractivity contribution in [2.45, 2.75) is 0 Å². The minimum atomic E-state index is 0.0913. The monoisotopic (exact) mass is 308 g/mol. The van der Waals surface area contributed by atoms with Gasteiger partial charge in [0.2, 0.25) is 5.43 Å².